The van der Waals surface area contributed by atoms with Crippen LogP contribution in [-0.4, -0.2) is 58.2 Å². The van der Waals surface area contributed by atoms with Gasteiger partial charge in [0, 0.05) is 36.7 Å². The van der Waals surface area contributed by atoms with Crippen molar-refractivity contribution in [1.82, 2.24) is 20.2 Å². The lowest BCUT2D eigenvalue weighted by Crippen LogP contribution is -2.36. The van der Waals surface area contributed by atoms with E-state index in [0.29, 0.717) is 42.3 Å². The summed E-state index contributed by atoms with van der Waals surface area (Å²) in [5, 5.41) is 10.8. The molecule has 1 fully saturated rings. The number of aromatic nitrogens is 4. The molecule has 0 saturated carbocycles. The maximum Gasteiger partial charge on any atom is 0.276 e. The number of rotatable bonds is 9. The van der Waals surface area contributed by atoms with Gasteiger partial charge in [-0.2, -0.15) is 5.10 Å². The average molecular weight is 513 g/mol. The number of morpholine rings is 1. The monoisotopic (exact) mass is 512 g/mol. The first-order valence-electron chi connectivity index (χ1n) is 13.1. The third kappa shape index (κ3) is 5.57. The second-order valence-electron chi connectivity index (χ2n) is 9.56. The first kappa shape index (κ1) is 25.5. The Hall–Kier alpha value is -4.11. The van der Waals surface area contributed by atoms with Gasteiger partial charge in [-0.25, -0.2) is 0 Å². The number of nitrogens with one attached hydrogen (secondary N) is 2. The molecule has 0 atom stereocenters. The van der Waals surface area contributed by atoms with Gasteiger partial charge >= 0.3 is 0 Å². The molecule has 38 heavy (non-hydrogen) atoms. The molecule has 0 spiro atoms. The lowest BCUT2D eigenvalue weighted by Gasteiger charge is -2.28. The summed E-state index contributed by atoms with van der Waals surface area (Å²) in [6.07, 6.45) is 7.61. The zero-order chi connectivity index (χ0) is 26.5. The summed E-state index contributed by atoms with van der Waals surface area (Å²) in [5.41, 5.74) is 4.91. The summed E-state index contributed by atoms with van der Waals surface area (Å²) in [7, 11) is 0. The van der Waals surface area contributed by atoms with E-state index in [0.717, 1.165) is 48.3 Å². The van der Waals surface area contributed by atoms with Crippen molar-refractivity contribution in [2.45, 2.75) is 33.1 Å². The van der Waals surface area contributed by atoms with Crippen LogP contribution >= 0.6 is 0 Å². The molecule has 1 aliphatic heterocycles. The van der Waals surface area contributed by atoms with Crippen LogP contribution in [0.2, 0.25) is 0 Å². The molecule has 0 unspecified atom stereocenters. The molecule has 4 heterocycles. The third-order valence-corrected chi connectivity index (χ3v) is 7.15. The number of pyridine rings is 2. The molecule has 9 heteroatoms. The van der Waals surface area contributed by atoms with Gasteiger partial charge in [0.1, 0.15) is 5.69 Å². The van der Waals surface area contributed by atoms with Crippen molar-refractivity contribution in [2.24, 2.45) is 5.92 Å². The molecule has 0 aliphatic carbocycles. The molecular formula is C29H32N6O3. The number of benzene rings is 1. The van der Waals surface area contributed by atoms with Crippen molar-refractivity contribution in [1.29, 1.82) is 0 Å². The van der Waals surface area contributed by atoms with E-state index in [-0.39, 0.29) is 17.4 Å². The van der Waals surface area contributed by atoms with Gasteiger partial charge in [-0.05, 0) is 41.8 Å². The van der Waals surface area contributed by atoms with E-state index in [4.69, 9.17) is 4.74 Å². The molecule has 9 nitrogen and oxygen atoms in total. The quantitative estimate of drug-likeness (QED) is 0.299. The number of aromatic amines is 1. The first-order chi connectivity index (χ1) is 18.6. The van der Waals surface area contributed by atoms with Gasteiger partial charge < -0.3 is 15.0 Å². The Bertz CT molecular complexity index is 1420. The highest BCUT2D eigenvalue weighted by atomic mass is 16.5. The van der Waals surface area contributed by atoms with Crippen LogP contribution < -0.4 is 10.2 Å². The molecule has 1 aromatic carbocycles. The normalized spacial score (nSPS) is 13.7. The fourth-order valence-corrected chi connectivity index (χ4v) is 4.71. The highest BCUT2D eigenvalue weighted by molar-refractivity contribution is 6.11. The number of anilines is 2. The number of ketones is 1. The smallest absolute Gasteiger partial charge is 0.276 e. The summed E-state index contributed by atoms with van der Waals surface area (Å²) in [6.45, 7) is 7.26. The Labute approximate surface area is 221 Å². The minimum Gasteiger partial charge on any atom is -0.378 e. The average Bonchev–Trinajstić information content (AvgIpc) is 3.40. The predicted molar refractivity (Wildman–Crippen MR) is 148 cm³/mol. The van der Waals surface area contributed by atoms with E-state index in [1.807, 2.05) is 30.6 Å². The summed E-state index contributed by atoms with van der Waals surface area (Å²) in [5.74, 6) is 0.0280. The summed E-state index contributed by atoms with van der Waals surface area (Å²) >= 11 is 0. The van der Waals surface area contributed by atoms with Crippen LogP contribution in [0.15, 0.2) is 55.0 Å². The lowest BCUT2D eigenvalue weighted by atomic mass is 9.96. The topological polar surface area (TPSA) is 113 Å². The second kappa shape index (κ2) is 11.5. The summed E-state index contributed by atoms with van der Waals surface area (Å²) in [4.78, 5) is 36.6. The number of nitrogens with zero attached hydrogens (tertiary/aromatic N) is 4. The second-order valence-corrected chi connectivity index (χ2v) is 9.56. The number of hydrogen-bond donors (Lipinski definition) is 2. The highest BCUT2D eigenvalue weighted by Crippen LogP contribution is 2.28. The molecule has 3 aromatic heterocycles. The number of fused-ring (bicyclic) bond motifs is 1. The molecule has 0 radical (unpaired) electrons. The molecule has 1 aliphatic rings. The Kier molecular flexibility index (Phi) is 7.74. The van der Waals surface area contributed by atoms with Gasteiger partial charge in [0.25, 0.3) is 5.91 Å². The van der Waals surface area contributed by atoms with Crippen LogP contribution in [0.3, 0.4) is 0 Å². The maximum absolute atomic E-state index is 13.1. The zero-order valence-corrected chi connectivity index (χ0v) is 21.7. The first-order valence-corrected chi connectivity index (χ1v) is 13.1. The molecular weight excluding hydrogens is 480 g/mol. The SMILES string of the molecule is CCC(CC)CC(=O)c1ccc(NC(=O)c2n[nH]c3ccc(-c4cncc(N5CCOCC5)c4)cc23)cn1. The Morgan fingerprint density at radius 1 is 1.03 bits per heavy atom. The Morgan fingerprint density at radius 3 is 2.58 bits per heavy atom. The van der Waals surface area contributed by atoms with E-state index in [9.17, 15) is 9.59 Å². The standard InChI is InChI=1S/C29H32N6O3/c1-3-19(4-2)13-27(36)26-8-6-22(17-31-26)32-29(37)28-24-15-20(5-7-25(24)33-34-28)21-14-23(18-30-16-21)35-9-11-38-12-10-35/h5-8,14-19H,3-4,9-13H2,1-2H3,(H,32,37)(H,33,34). The lowest BCUT2D eigenvalue weighted by molar-refractivity contribution is 0.0953. The highest BCUT2D eigenvalue weighted by Gasteiger charge is 2.18. The minimum absolute atomic E-state index is 0.0228. The molecule has 4 aromatic rings. The number of H-pyrrole nitrogens is 1. The van der Waals surface area contributed by atoms with E-state index in [2.05, 4.69) is 50.3 Å². The summed E-state index contributed by atoms with van der Waals surface area (Å²) in [6, 6.07) is 11.3. The van der Waals surface area contributed by atoms with Crippen molar-refractivity contribution in [3.8, 4) is 11.1 Å². The number of hydrogen-bond acceptors (Lipinski definition) is 7. The number of amides is 1. The fourth-order valence-electron chi connectivity index (χ4n) is 4.71. The van der Waals surface area contributed by atoms with Gasteiger partial charge in [-0.3, -0.25) is 24.7 Å². The van der Waals surface area contributed by atoms with Gasteiger partial charge in [-0.15, -0.1) is 0 Å². The van der Waals surface area contributed by atoms with Crippen molar-refractivity contribution < 1.29 is 14.3 Å². The van der Waals surface area contributed by atoms with Crippen LogP contribution in [0.4, 0.5) is 11.4 Å². The van der Waals surface area contributed by atoms with Gasteiger partial charge in [0.2, 0.25) is 0 Å². The largest absolute Gasteiger partial charge is 0.378 e. The molecule has 1 amide bonds. The van der Waals surface area contributed by atoms with Crippen molar-refractivity contribution in [3.63, 3.8) is 0 Å². The van der Waals surface area contributed by atoms with Crippen molar-refractivity contribution in [3.05, 3.63) is 66.4 Å². The van der Waals surface area contributed by atoms with Crippen molar-refractivity contribution >= 4 is 34.0 Å². The maximum atomic E-state index is 13.1. The number of carbonyl (C=O) groups excluding carboxylic acids is 2. The molecule has 1 saturated heterocycles. The molecule has 2 N–H and O–H groups in total. The summed E-state index contributed by atoms with van der Waals surface area (Å²) < 4.78 is 5.46. The minimum atomic E-state index is -0.355. The Morgan fingerprint density at radius 2 is 1.84 bits per heavy atom. The van der Waals surface area contributed by atoms with E-state index in [1.165, 1.54) is 6.20 Å². The van der Waals surface area contributed by atoms with Crippen molar-refractivity contribution in [2.75, 3.05) is 36.5 Å². The van der Waals surface area contributed by atoms with E-state index >= 15 is 0 Å². The van der Waals surface area contributed by atoms with Crippen LogP contribution in [0.5, 0.6) is 0 Å². The van der Waals surface area contributed by atoms with Crippen LogP contribution in [0.1, 0.15) is 54.1 Å². The molecule has 5 rings (SSSR count). The van der Waals surface area contributed by atoms with Crippen LogP contribution in [0.25, 0.3) is 22.0 Å². The van der Waals surface area contributed by atoms with E-state index in [1.54, 1.807) is 12.1 Å². The van der Waals surface area contributed by atoms with Gasteiger partial charge in [-0.1, -0.05) is 32.8 Å². The number of Topliss-reactive ketones (excluding diaryl/α,β-unsaturated/α-hetero) is 1. The molecule has 0 bridgehead atoms. The number of carbonyl (C=O) groups is 2. The Balaban J connectivity index is 1.33. The predicted octanol–water partition coefficient (Wildman–Crippen LogP) is 5.12. The van der Waals surface area contributed by atoms with Gasteiger partial charge in [0.05, 0.1) is 42.5 Å². The van der Waals surface area contributed by atoms with Gasteiger partial charge in [0.15, 0.2) is 11.5 Å². The van der Waals surface area contributed by atoms with E-state index < -0.39 is 0 Å². The fraction of sp³-hybridized carbons (Fsp3) is 0.345. The number of ether oxygens (including phenoxy) is 1. The zero-order valence-electron chi connectivity index (χ0n) is 21.7. The van der Waals surface area contributed by atoms with Crippen LogP contribution in [0, 0.1) is 5.92 Å². The third-order valence-electron chi connectivity index (χ3n) is 7.15. The molecule has 196 valence electrons. The van der Waals surface area contributed by atoms with Crippen LogP contribution in [-0.2, 0) is 4.74 Å².